The van der Waals surface area contributed by atoms with Crippen molar-refractivity contribution < 1.29 is 8.42 Å². The molecule has 0 saturated carbocycles. The molecule has 2 spiro atoms. The number of sulfonamides is 1. The van der Waals surface area contributed by atoms with Crippen molar-refractivity contribution >= 4 is 21.4 Å². The molecular formula is C28H30N4O2S. The summed E-state index contributed by atoms with van der Waals surface area (Å²) in [5.41, 5.74) is 4.71. The van der Waals surface area contributed by atoms with Gasteiger partial charge in [0.25, 0.3) is 10.0 Å². The number of nitrogens with zero attached hydrogens (tertiary/aromatic N) is 2. The first-order valence-corrected chi connectivity index (χ1v) is 13.9. The van der Waals surface area contributed by atoms with Gasteiger partial charge in [-0.3, -0.25) is 0 Å². The van der Waals surface area contributed by atoms with Gasteiger partial charge in [0, 0.05) is 18.2 Å². The van der Waals surface area contributed by atoms with E-state index in [1.54, 1.807) is 16.4 Å². The maximum absolute atomic E-state index is 14.5. The standard InChI is InChI=1S/C28H30N4O2S/c1-19-11-13-20(14-12-19)35(33,34)32-24-10-6-4-8-22(24)27-15-17-29-25(27)30-18-16-28(27)21-7-3-5-9-23(21)31(2)26(28)32/h3-14,25-26,29-30H,15-18H2,1-2H3/t25?,26-,27-,28+/m0/s1. The van der Waals surface area contributed by atoms with Crippen molar-refractivity contribution in [2.45, 2.75) is 47.8 Å². The van der Waals surface area contributed by atoms with Crippen LogP contribution in [0.5, 0.6) is 0 Å². The highest BCUT2D eigenvalue weighted by molar-refractivity contribution is 7.92. The Morgan fingerprint density at radius 2 is 1.37 bits per heavy atom. The van der Waals surface area contributed by atoms with Crippen LogP contribution in [0.2, 0.25) is 0 Å². The molecule has 3 aromatic carbocycles. The Kier molecular flexibility index (Phi) is 4.34. The van der Waals surface area contributed by atoms with Crippen LogP contribution < -0.4 is 19.8 Å². The summed E-state index contributed by atoms with van der Waals surface area (Å²) in [5.74, 6) is 0. The van der Waals surface area contributed by atoms with E-state index in [9.17, 15) is 8.42 Å². The minimum atomic E-state index is -3.83. The number of nitrogens with one attached hydrogen (secondary N) is 2. The number of rotatable bonds is 2. The number of hydrogen-bond acceptors (Lipinski definition) is 5. The largest absolute Gasteiger partial charge is 0.352 e. The summed E-state index contributed by atoms with van der Waals surface area (Å²) in [6, 6.07) is 24.0. The summed E-state index contributed by atoms with van der Waals surface area (Å²) < 4.78 is 30.8. The molecule has 0 aliphatic carbocycles. The predicted octanol–water partition coefficient (Wildman–Crippen LogP) is 3.47. The monoisotopic (exact) mass is 486 g/mol. The smallest absolute Gasteiger partial charge is 0.266 e. The normalized spacial score (nSPS) is 30.8. The van der Waals surface area contributed by atoms with Gasteiger partial charge in [-0.1, -0.05) is 54.1 Å². The zero-order valence-corrected chi connectivity index (χ0v) is 20.8. The summed E-state index contributed by atoms with van der Waals surface area (Å²) >= 11 is 0. The molecule has 0 radical (unpaired) electrons. The van der Waals surface area contributed by atoms with E-state index in [0.29, 0.717) is 4.90 Å². The van der Waals surface area contributed by atoms with Gasteiger partial charge in [-0.05, 0) is 68.2 Å². The van der Waals surface area contributed by atoms with Crippen LogP contribution in [0, 0.1) is 6.92 Å². The third-order valence-electron chi connectivity index (χ3n) is 9.02. The second-order valence-electron chi connectivity index (χ2n) is 10.4. The fraction of sp³-hybridized carbons (Fsp3) is 0.357. The molecular weight excluding hydrogens is 456 g/mol. The molecule has 4 aliphatic heterocycles. The molecule has 35 heavy (non-hydrogen) atoms. The Hall–Kier alpha value is -2.87. The molecule has 4 atom stereocenters. The lowest BCUT2D eigenvalue weighted by molar-refractivity contribution is 0.0912. The molecule has 0 amide bonds. The van der Waals surface area contributed by atoms with Crippen LogP contribution in [-0.4, -0.2) is 40.9 Å². The van der Waals surface area contributed by atoms with Crippen molar-refractivity contribution in [2.75, 3.05) is 29.3 Å². The minimum Gasteiger partial charge on any atom is -0.352 e. The summed E-state index contributed by atoms with van der Waals surface area (Å²) in [6.07, 6.45) is 1.55. The Bertz CT molecular complexity index is 1440. The van der Waals surface area contributed by atoms with Crippen molar-refractivity contribution in [2.24, 2.45) is 0 Å². The van der Waals surface area contributed by atoms with Crippen LogP contribution in [0.3, 0.4) is 0 Å². The maximum Gasteiger partial charge on any atom is 0.266 e. The molecule has 2 saturated heterocycles. The maximum atomic E-state index is 14.5. The Morgan fingerprint density at radius 1 is 0.800 bits per heavy atom. The van der Waals surface area contributed by atoms with Gasteiger partial charge in [-0.2, -0.15) is 0 Å². The average molecular weight is 487 g/mol. The molecule has 2 N–H and O–H groups in total. The highest BCUT2D eigenvalue weighted by atomic mass is 32.2. The van der Waals surface area contributed by atoms with Gasteiger partial charge in [0.1, 0.15) is 6.17 Å². The molecule has 4 aliphatic rings. The second-order valence-corrected chi connectivity index (χ2v) is 12.2. The first-order chi connectivity index (χ1) is 16.9. The van der Waals surface area contributed by atoms with Gasteiger partial charge in [-0.15, -0.1) is 0 Å². The summed E-state index contributed by atoms with van der Waals surface area (Å²) in [4.78, 5) is 2.56. The lowest BCUT2D eigenvalue weighted by Crippen LogP contribution is -2.75. The highest BCUT2D eigenvalue weighted by Crippen LogP contribution is 2.67. The number of benzene rings is 3. The van der Waals surface area contributed by atoms with Crippen molar-refractivity contribution in [3.8, 4) is 0 Å². The molecule has 4 heterocycles. The number of para-hydroxylation sites is 2. The van der Waals surface area contributed by atoms with Gasteiger partial charge in [0.2, 0.25) is 0 Å². The number of anilines is 2. The Morgan fingerprint density at radius 3 is 2.06 bits per heavy atom. The van der Waals surface area contributed by atoms with Gasteiger partial charge in [0.05, 0.1) is 22.2 Å². The van der Waals surface area contributed by atoms with Gasteiger partial charge >= 0.3 is 0 Å². The number of aryl methyl sites for hydroxylation is 1. The molecule has 180 valence electrons. The number of fused-ring (bicyclic) bond motifs is 2. The van der Waals surface area contributed by atoms with Crippen LogP contribution in [0.25, 0.3) is 0 Å². The Labute approximate surface area is 207 Å². The molecule has 7 heteroatoms. The third kappa shape index (κ3) is 2.44. The fourth-order valence-corrected chi connectivity index (χ4v) is 9.45. The van der Waals surface area contributed by atoms with Crippen LogP contribution in [-0.2, 0) is 20.9 Å². The number of piperidine rings is 1. The molecule has 7 rings (SSSR count). The van der Waals surface area contributed by atoms with Crippen molar-refractivity contribution in [3.05, 3.63) is 89.5 Å². The number of hydrogen-bond donors (Lipinski definition) is 2. The van der Waals surface area contributed by atoms with Crippen LogP contribution >= 0.6 is 0 Å². The third-order valence-corrected chi connectivity index (χ3v) is 10.8. The number of likely N-dealkylation sites (N-methyl/N-ethyl adjacent to an activating group) is 1. The Balaban J connectivity index is 1.59. The average Bonchev–Trinajstić information content (AvgIpc) is 3.41. The van der Waals surface area contributed by atoms with E-state index in [0.717, 1.165) is 48.4 Å². The zero-order chi connectivity index (χ0) is 24.0. The second kappa shape index (κ2) is 7.09. The van der Waals surface area contributed by atoms with E-state index in [4.69, 9.17) is 0 Å². The fourth-order valence-electron chi connectivity index (χ4n) is 7.74. The van der Waals surface area contributed by atoms with E-state index in [-0.39, 0.29) is 23.2 Å². The van der Waals surface area contributed by atoms with E-state index >= 15 is 0 Å². The lowest BCUT2D eigenvalue weighted by atomic mass is 9.50. The molecule has 1 unspecified atom stereocenters. The quantitative estimate of drug-likeness (QED) is 0.581. The van der Waals surface area contributed by atoms with Gasteiger partial charge in [-0.25, -0.2) is 12.7 Å². The van der Waals surface area contributed by atoms with Crippen LogP contribution in [0.15, 0.2) is 77.7 Å². The van der Waals surface area contributed by atoms with Crippen molar-refractivity contribution in [3.63, 3.8) is 0 Å². The zero-order valence-electron chi connectivity index (χ0n) is 20.0. The van der Waals surface area contributed by atoms with Gasteiger partial charge in [0.15, 0.2) is 0 Å². The SMILES string of the molecule is Cc1ccc(S(=O)(=O)N2c3ccccc3[C@@]34CCNC3NCC[C@]43c4ccccc4N(C)[C@@H]23)cc1. The minimum absolute atomic E-state index is 0.0867. The predicted molar refractivity (Wildman–Crippen MR) is 138 cm³/mol. The molecule has 6 nitrogen and oxygen atoms in total. The first-order valence-electron chi connectivity index (χ1n) is 12.4. The molecule has 0 aromatic heterocycles. The van der Waals surface area contributed by atoms with Crippen molar-refractivity contribution in [1.82, 2.24) is 10.6 Å². The summed E-state index contributed by atoms with van der Waals surface area (Å²) in [5, 5.41) is 7.50. The molecule has 2 fully saturated rings. The van der Waals surface area contributed by atoms with E-state index in [1.807, 2.05) is 31.2 Å². The van der Waals surface area contributed by atoms with E-state index < -0.39 is 10.0 Å². The van der Waals surface area contributed by atoms with Crippen LogP contribution in [0.1, 0.15) is 29.5 Å². The summed E-state index contributed by atoms with van der Waals surface area (Å²) in [6.45, 7) is 3.71. The first kappa shape index (κ1) is 21.4. The van der Waals surface area contributed by atoms with Gasteiger partial charge < -0.3 is 15.5 Å². The molecule has 3 aromatic rings. The molecule has 0 bridgehead atoms. The van der Waals surface area contributed by atoms with E-state index in [1.165, 1.54) is 5.56 Å². The van der Waals surface area contributed by atoms with Crippen LogP contribution in [0.4, 0.5) is 11.4 Å². The highest BCUT2D eigenvalue weighted by Gasteiger charge is 2.72. The summed E-state index contributed by atoms with van der Waals surface area (Å²) in [7, 11) is -1.77. The van der Waals surface area contributed by atoms with Crippen molar-refractivity contribution in [1.29, 1.82) is 0 Å². The van der Waals surface area contributed by atoms with E-state index in [2.05, 4.69) is 59.0 Å². The lowest BCUT2D eigenvalue weighted by Gasteiger charge is -2.62. The topological polar surface area (TPSA) is 64.7 Å².